The van der Waals surface area contributed by atoms with E-state index in [0.29, 0.717) is 5.41 Å². The molecular weight excluding hydrogens is 156 g/mol. The lowest BCUT2D eigenvalue weighted by Gasteiger charge is -2.43. The molecule has 2 unspecified atom stereocenters. The second-order valence-corrected chi connectivity index (χ2v) is 5.23. The molecular formula is C13H26. The lowest BCUT2D eigenvalue weighted by molar-refractivity contribution is 0.0773. The van der Waals surface area contributed by atoms with Crippen LogP contribution in [0.25, 0.3) is 0 Å². The van der Waals surface area contributed by atoms with Gasteiger partial charge in [0.05, 0.1) is 0 Å². The van der Waals surface area contributed by atoms with Crippen molar-refractivity contribution in [3.8, 4) is 0 Å². The Morgan fingerprint density at radius 3 is 2.08 bits per heavy atom. The van der Waals surface area contributed by atoms with Crippen LogP contribution in [0.5, 0.6) is 0 Å². The molecule has 0 radical (unpaired) electrons. The van der Waals surface area contributed by atoms with E-state index in [0.717, 1.165) is 11.8 Å². The van der Waals surface area contributed by atoms with Gasteiger partial charge in [-0.2, -0.15) is 0 Å². The molecule has 13 heavy (non-hydrogen) atoms. The molecule has 0 aromatic rings. The molecule has 0 heteroatoms. The summed E-state index contributed by atoms with van der Waals surface area (Å²) in [6, 6.07) is 0. The van der Waals surface area contributed by atoms with Crippen molar-refractivity contribution in [2.75, 3.05) is 0 Å². The van der Waals surface area contributed by atoms with Crippen LogP contribution < -0.4 is 0 Å². The first-order chi connectivity index (χ1) is 6.14. The Morgan fingerprint density at radius 1 is 1.08 bits per heavy atom. The van der Waals surface area contributed by atoms with Crippen molar-refractivity contribution in [1.29, 1.82) is 0 Å². The van der Waals surface area contributed by atoms with E-state index in [1.54, 1.807) is 0 Å². The van der Waals surface area contributed by atoms with Gasteiger partial charge in [-0.05, 0) is 23.7 Å². The molecule has 1 aliphatic carbocycles. The minimum Gasteiger partial charge on any atom is -0.0649 e. The lowest BCUT2D eigenvalue weighted by atomic mass is 9.63. The van der Waals surface area contributed by atoms with Gasteiger partial charge in [0, 0.05) is 0 Å². The standard InChI is InChI=1S/C13H26/c1-5-13(4,6-2)12-10-8-7-9-11(12)3/h11-12H,5-10H2,1-4H3. The van der Waals surface area contributed by atoms with Gasteiger partial charge in [-0.15, -0.1) is 0 Å². The zero-order chi connectivity index (χ0) is 9.90. The molecule has 2 atom stereocenters. The molecule has 78 valence electrons. The van der Waals surface area contributed by atoms with E-state index < -0.39 is 0 Å². The summed E-state index contributed by atoms with van der Waals surface area (Å²) < 4.78 is 0. The van der Waals surface area contributed by atoms with E-state index in [4.69, 9.17) is 0 Å². The van der Waals surface area contributed by atoms with E-state index in [1.807, 2.05) is 0 Å². The fourth-order valence-corrected chi connectivity index (χ4v) is 3.13. The molecule has 0 N–H and O–H groups in total. The largest absolute Gasteiger partial charge is 0.0649 e. The quantitative estimate of drug-likeness (QED) is 0.596. The molecule has 1 saturated carbocycles. The van der Waals surface area contributed by atoms with E-state index in [-0.39, 0.29) is 0 Å². The van der Waals surface area contributed by atoms with E-state index in [1.165, 1.54) is 38.5 Å². The Balaban J connectivity index is 2.65. The Bertz CT molecular complexity index is 144. The smallest absolute Gasteiger partial charge is 0.0300 e. The third-order valence-electron chi connectivity index (χ3n) is 4.62. The van der Waals surface area contributed by atoms with Gasteiger partial charge >= 0.3 is 0 Å². The first-order valence-electron chi connectivity index (χ1n) is 6.14. The molecule has 0 amide bonds. The number of hydrogen-bond donors (Lipinski definition) is 0. The van der Waals surface area contributed by atoms with Crippen LogP contribution in [0, 0.1) is 17.3 Å². The summed E-state index contributed by atoms with van der Waals surface area (Å²) in [4.78, 5) is 0. The van der Waals surface area contributed by atoms with Crippen molar-refractivity contribution >= 4 is 0 Å². The van der Waals surface area contributed by atoms with Crippen LogP contribution in [-0.4, -0.2) is 0 Å². The molecule has 0 aromatic carbocycles. The van der Waals surface area contributed by atoms with Crippen molar-refractivity contribution in [3.05, 3.63) is 0 Å². The minimum absolute atomic E-state index is 0.625. The summed E-state index contributed by atoms with van der Waals surface area (Å²) in [7, 11) is 0. The van der Waals surface area contributed by atoms with Gasteiger partial charge in [-0.3, -0.25) is 0 Å². The van der Waals surface area contributed by atoms with Crippen molar-refractivity contribution in [3.63, 3.8) is 0 Å². The average Bonchev–Trinajstić information content (AvgIpc) is 2.17. The highest BCUT2D eigenvalue weighted by atomic mass is 14.4. The number of hydrogen-bond acceptors (Lipinski definition) is 0. The van der Waals surface area contributed by atoms with E-state index >= 15 is 0 Å². The Kier molecular flexibility index (Phi) is 3.82. The maximum atomic E-state index is 2.50. The van der Waals surface area contributed by atoms with Crippen molar-refractivity contribution < 1.29 is 0 Å². The third kappa shape index (κ3) is 2.27. The second-order valence-electron chi connectivity index (χ2n) is 5.23. The highest BCUT2D eigenvalue weighted by Gasteiger charge is 2.35. The molecule has 0 bridgehead atoms. The fourth-order valence-electron chi connectivity index (χ4n) is 3.13. The van der Waals surface area contributed by atoms with Crippen molar-refractivity contribution in [1.82, 2.24) is 0 Å². The molecule has 0 heterocycles. The van der Waals surface area contributed by atoms with Crippen molar-refractivity contribution in [2.45, 2.75) is 66.2 Å². The molecule has 0 saturated heterocycles. The van der Waals surface area contributed by atoms with Gasteiger partial charge in [0.25, 0.3) is 0 Å². The first kappa shape index (κ1) is 11.1. The lowest BCUT2D eigenvalue weighted by Crippen LogP contribution is -2.33. The van der Waals surface area contributed by atoms with Crippen LogP contribution in [0.15, 0.2) is 0 Å². The molecule has 0 aliphatic heterocycles. The topological polar surface area (TPSA) is 0 Å². The van der Waals surface area contributed by atoms with Gasteiger partial charge in [0.2, 0.25) is 0 Å². The predicted octanol–water partition coefficient (Wildman–Crippen LogP) is 4.64. The maximum Gasteiger partial charge on any atom is -0.0300 e. The first-order valence-corrected chi connectivity index (χ1v) is 6.14. The van der Waals surface area contributed by atoms with E-state index in [9.17, 15) is 0 Å². The Labute approximate surface area is 84.1 Å². The highest BCUT2D eigenvalue weighted by molar-refractivity contribution is 4.85. The van der Waals surface area contributed by atoms with E-state index in [2.05, 4.69) is 27.7 Å². The van der Waals surface area contributed by atoms with Gasteiger partial charge in [0.15, 0.2) is 0 Å². The zero-order valence-electron chi connectivity index (χ0n) is 9.90. The number of rotatable bonds is 3. The summed E-state index contributed by atoms with van der Waals surface area (Å²) in [6.07, 6.45) is 8.63. The molecule has 0 spiro atoms. The Hall–Kier alpha value is 0. The highest BCUT2D eigenvalue weighted by Crippen LogP contribution is 2.45. The van der Waals surface area contributed by atoms with Crippen LogP contribution >= 0.6 is 0 Å². The van der Waals surface area contributed by atoms with Gasteiger partial charge in [0.1, 0.15) is 0 Å². The van der Waals surface area contributed by atoms with Gasteiger partial charge < -0.3 is 0 Å². The second kappa shape index (κ2) is 4.48. The fraction of sp³-hybridized carbons (Fsp3) is 1.00. The Morgan fingerprint density at radius 2 is 1.62 bits per heavy atom. The summed E-state index contributed by atoms with van der Waals surface area (Å²) in [5, 5.41) is 0. The monoisotopic (exact) mass is 182 g/mol. The molecule has 0 aromatic heterocycles. The molecule has 0 nitrogen and oxygen atoms in total. The van der Waals surface area contributed by atoms with Crippen LogP contribution in [0.1, 0.15) is 66.2 Å². The summed E-state index contributed by atoms with van der Waals surface area (Å²) in [6.45, 7) is 9.70. The van der Waals surface area contributed by atoms with Gasteiger partial charge in [-0.25, -0.2) is 0 Å². The minimum atomic E-state index is 0.625. The van der Waals surface area contributed by atoms with Crippen LogP contribution in [0.4, 0.5) is 0 Å². The molecule has 1 fully saturated rings. The summed E-state index contributed by atoms with van der Waals surface area (Å²) in [5.41, 5.74) is 0.625. The predicted molar refractivity (Wildman–Crippen MR) is 59.8 cm³/mol. The van der Waals surface area contributed by atoms with Gasteiger partial charge in [-0.1, -0.05) is 59.8 Å². The van der Waals surface area contributed by atoms with Crippen LogP contribution in [-0.2, 0) is 0 Å². The van der Waals surface area contributed by atoms with Crippen LogP contribution in [0.2, 0.25) is 0 Å². The third-order valence-corrected chi connectivity index (χ3v) is 4.62. The SMILES string of the molecule is CCC(C)(CC)C1CCCCC1C. The molecule has 1 rings (SSSR count). The molecule has 1 aliphatic rings. The maximum absolute atomic E-state index is 2.50. The summed E-state index contributed by atoms with van der Waals surface area (Å²) in [5.74, 6) is 1.97. The van der Waals surface area contributed by atoms with Crippen molar-refractivity contribution in [2.24, 2.45) is 17.3 Å². The zero-order valence-corrected chi connectivity index (χ0v) is 9.90. The normalized spacial score (nSPS) is 30.5. The average molecular weight is 182 g/mol. The summed E-state index contributed by atoms with van der Waals surface area (Å²) >= 11 is 0. The van der Waals surface area contributed by atoms with Crippen LogP contribution in [0.3, 0.4) is 0 Å².